The number of carboxylic acids is 2. The minimum absolute atomic E-state index is 0.00510. The number of rotatable bonds is 9. The molecule has 1 heterocycles. The van der Waals surface area contributed by atoms with Crippen molar-refractivity contribution < 1.29 is 29.3 Å². The zero-order valence-corrected chi connectivity index (χ0v) is 14.2. The molecule has 1 fully saturated rings. The highest BCUT2D eigenvalue weighted by atomic mass is 32.2. The average molecular weight is 348 g/mol. The van der Waals surface area contributed by atoms with E-state index in [0.717, 1.165) is 4.90 Å². The zero-order chi connectivity index (χ0) is 17.6. The van der Waals surface area contributed by atoms with Gasteiger partial charge in [-0.05, 0) is 26.2 Å². The second kappa shape index (κ2) is 8.51. The van der Waals surface area contributed by atoms with Gasteiger partial charge in [0.05, 0.1) is 11.6 Å². The Morgan fingerprint density at radius 3 is 2.52 bits per heavy atom. The molecule has 0 saturated carbocycles. The van der Waals surface area contributed by atoms with Gasteiger partial charge in [0, 0.05) is 12.5 Å². The van der Waals surface area contributed by atoms with Crippen LogP contribution in [-0.4, -0.2) is 62.5 Å². The molecule has 1 aliphatic heterocycles. The molecule has 4 N–H and O–H groups in total. The molecule has 0 aromatic carbocycles. The van der Waals surface area contributed by atoms with Crippen LogP contribution in [0.1, 0.15) is 39.5 Å². The Kier molecular flexibility index (Phi) is 7.30. The molecule has 1 saturated heterocycles. The molecule has 0 aromatic rings. The Balaban J connectivity index is 2.89. The van der Waals surface area contributed by atoms with Crippen molar-refractivity contribution in [2.45, 2.75) is 57.4 Å². The Bertz CT molecular complexity index is 459. The lowest BCUT2D eigenvalue weighted by atomic mass is 10.1. The third kappa shape index (κ3) is 4.82. The summed E-state index contributed by atoms with van der Waals surface area (Å²) >= 11 is 1.23. The standard InChI is InChI=1S/C14H24N2O6S/c1-3-10(12(18)19)22-14(13(20)21)7-23-8-16(14)11(17)6-4-5-9(2)15/h9-10H,3-8,15H2,1-2H3,(H,18,19)(H,20,21)/t9?,10?,14-/m1/s1. The fraction of sp³-hybridized carbons (Fsp3) is 0.786. The summed E-state index contributed by atoms with van der Waals surface area (Å²) < 4.78 is 5.39. The molecule has 3 atom stereocenters. The first-order valence-corrected chi connectivity index (χ1v) is 8.67. The van der Waals surface area contributed by atoms with Gasteiger partial charge in [-0.3, -0.25) is 9.69 Å². The van der Waals surface area contributed by atoms with E-state index in [-0.39, 0.29) is 36.4 Å². The van der Waals surface area contributed by atoms with E-state index in [9.17, 15) is 19.5 Å². The number of hydrogen-bond acceptors (Lipinski definition) is 6. The summed E-state index contributed by atoms with van der Waals surface area (Å²) in [6, 6.07) is -0.0345. The summed E-state index contributed by atoms with van der Waals surface area (Å²) in [6.07, 6.45) is 0.194. The highest BCUT2D eigenvalue weighted by Crippen LogP contribution is 2.35. The van der Waals surface area contributed by atoms with Crippen molar-refractivity contribution in [2.75, 3.05) is 11.6 Å². The van der Waals surface area contributed by atoms with Crippen molar-refractivity contribution >= 4 is 29.6 Å². The van der Waals surface area contributed by atoms with Crippen LogP contribution in [0, 0.1) is 0 Å². The molecule has 1 amide bonds. The number of ether oxygens (including phenoxy) is 1. The van der Waals surface area contributed by atoms with Crippen LogP contribution in [0.4, 0.5) is 0 Å². The maximum Gasteiger partial charge on any atom is 0.358 e. The van der Waals surface area contributed by atoms with E-state index in [1.54, 1.807) is 6.92 Å². The normalized spacial score (nSPS) is 23.5. The fourth-order valence-corrected chi connectivity index (χ4v) is 3.56. The number of carbonyl (C=O) groups excluding carboxylic acids is 1. The lowest BCUT2D eigenvalue weighted by Gasteiger charge is -2.35. The Morgan fingerprint density at radius 2 is 2.04 bits per heavy atom. The molecule has 0 aliphatic carbocycles. The number of thioether (sulfide) groups is 1. The first-order valence-electron chi connectivity index (χ1n) is 7.52. The molecule has 132 valence electrons. The van der Waals surface area contributed by atoms with Gasteiger partial charge in [0.1, 0.15) is 0 Å². The Hall–Kier alpha value is -1.32. The van der Waals surface area contributed by atoms with Crippen LogP contribution in [0.2, 0.25) is 0 Å². The number of carboxylic acid groups (broad SMARTS) is 2. The summed E-state index contributed by atoms with van der Waals surface area (Å²) in [5.74, 6) is -2.78. The van der Waals surface area contributed by atoms with Gasteiger partial charge in [0.2, 0.25) is 5.91 Å². The molecule has 1 rings (SSSR count). The zero-order valence-electron chi connectivity index (χ0n) is 13.4. The molecule has 0 radical (unpaired) electrons. The van der Waals surface area contributed by atoms with Gasteiger partial charge in [-0.2, -0.15) is 0 Å². The van der Waals surface area contributed by atoms with Crippen molar-refractivity contribution in [2.24, 2.45) is 5.73 Å². The van der Waals surface area contributed by atoms with Gasteiger partial charge in [-0.15, -0.1) is 11.8 Å². The maximum atomic E-state index is 12.4. The Morgan fingerprint density at radius 1 is 1.39 bits per heavy atom. The highest BCUT2D eigenvalue weighted by molar-refractivity contribution is 7.99. The van der Waals surface area contributed by atoms with E-state index in [2.05, 4.69) is 0 Å². The lowest BCUT2D eigenvalue weighted by Crippen LogP contribution is -2.59. The van der Waals surface area contributed by atoms with Gasteiger partial charge in [-0.25, -0.2) is 9.59 Å². The average Bonchev–Trinajstić information content (AvgIpc) is 2.88. The number of hydrogen-bond donors (Lipinski definition) is 3. The second-order valence-electron chi connectivity index (χ2n) is 5.61. The summed E-state index contributed by atoms with van der Waals surface area (Å²) in [7, 11) is 0. The maximum absolute atomic E-state index is 12.4. The molecular weight excluding hydrogens is 324 g/mol. The minimum atomic E-state index is -1.92. The molecule has 8 nitrogen and oxygen atoms in total. The molecule has 0 spiro atoms. The van der Waals surface area contributed by atoms with E-state index in [0.29, 0.717) is 12.8 Å². The van der Waals surface area contributed by atoms with Gasteiger partial charge in [0.15, 0.2) is 6.10 Å². The van der Waals surface area contributed by atoms with Gasteiger partial charge in [-0.1, -0.05) is 6.92 Å². The monoisotopic (exact) mass is 348 g/mol. The van der Waals surface area contributed by atoms with Crippen LogP contribution in [0.3, 0.4) is 0 Å². The van der Waals surface area contributed by atoms with Crippen LogP contribution >= 0.6 is 11.8 Å². The largest absolute Gasteiger partial charge is 0.479 e. The van der Waals surface area contributed by atoms with E-state index < -0.39 is 23.8 Å². The summed E-state index contributed by atoms with van der Waals surface area (Å²) in [4.78, 5) is 36.4. The molecule has 23 heavy (non-hydrogen) atoms. The predicted molar refractivity (Wildman–Crippen MR) is 84.8 cm³/mol. The SMILES string of the molecule is CCC(O[C@@]1(C(=O)O)CSCN1C(=O)CCCC(C)N)C(=O)O. The quantitative estimate of drug-likeness (QED) is 0.555. The first kappa shape index (κ1) is 19.7. The third-order valence-corrected chi connectivity index (χ3v) is 4.66. The van der Waals surface area contributed by atoms with Crippen LogP contribution < -0.4 is 5.73 Å². The van der Waals surface area contributed by atoms with E-state index in [4.69, 9.17) is 15.6 Å². The molecule has 0 aromatic heterocycles. The van der Waals surface area contributed by atoms with Crippen molar-refractivity contribution in [3.8, 4) is 0 Å². The topological polar surface area (TPSA) is 130 Å². The third-order valence-electron chi connectivity index (χ3n) is 3.62. The molecule has 2 unspecified atom stereocenters. The smallest absolute Gasteiger partial charge is 0.358 e. The number of amides is 1. The Labute approximate surface area is 139 Å². The van der Waals surface area contributed by atoms with E-state index >= 15 is 0 Å². The van der Waals surface area contributed by atoms with Crippen molar-refractivity contribution in [3.05, 3.63) is 0 Å². The lowest BCUT2D eigenvalue weighted by molar-refractivity contribution is -0.207. The summed E-state index contributed by atoms with van der Waals surface area (Å²) in [5, 5.41) is 18.7. The second-order valence-corrected chi connectivity index (χ2v) is 6.57. The van der Waals surface area contributed by atoms with Gasteiger partial charge in [0.25, 0.3) is 5.72 Å². The van der Waals surface area contributed by atoms with Crippen molar-refractivity contribution in [1.82, 2.24) is 4.90 Å². The molecular formula is C14H24N2O6S. The highest BCUT2D eigenvalue weighted by Gasteiger charge is 2.53. The fourth-order valence-electron chi connectivity index (χ4n) is 2.31. The predicted octanol–water partition coefficient (Wildman–Crippen LogP) is 0.698. The summed E-state index contributed by atoms with van der Waals surface area (Å²) in [5.41, 5.74) is 3.72. The number of nitrogens with two attached hydrogens (primary N) is 1. The van der Waals surface area contributed by atoms with Crippen molar-refractivity contribution in [3.63, 3.8) is 0 Å². The number of aliphatic carboxylic acids is 2. The van der Waals surface area contributed by atoms with Crippen LogP contribution in [0.25, 0.3) is 0 Å². The minimum Gasteiger partial charge on any atom is -0.479 e. The van der Waals surface area contributed by atoms with Gasteiger partial charge < -0.3 is 20.7 Å². The molecule has 0 bridgehead atoms. The molecule has 9 heteroatoms. The first-order chi connectivity index (χ1) is 10.7. The van der Waals surface area contributed by atoms with Crippen molar-refractivity contribution in [1.29, 1.82) is 0 Å². The van der Waals surface area contributed by atoms with Crippen LogP contribution in [0.15, 0.2) is 0 Å². The number of nitrogens with zero attached hydrogens (tertiary/aromatic N) is 1. The number of carbonyl (C=O) groups is 3. The van der Waals surface area contributed by atoms with Gasteiger partial charge >= 0.3 is 11.9 Å². The van der Waals surface area contributed by atoms with E-state index in [1.807, 2.05) is 6.92 Å². The van der Waals surface area contributed by atoms with E-state index in [1.165, 1.54) is 11.8 Å². The summed E-state index contributed by atoms with van der Waals surface area (Å²) in [6.45, 7) is 3.42. The van der Waals surface area contributed by atoms with Crippen LogP contribution in [0.5, 0.6) is 0 Å². The molecule has 1 aliphatic rings. The van der Waals surface area contributed by atoms with Crippen LogP contribution in [-0.2, 0) is 19.1 Å².